The van der Waals surface area contributed by atoms with Gasteiger partial charge < -0.3 is 15.2 Å². The Labute approximate surface area is 79.6 Å². The van der Waals surface area contributed by atoms with E-state index >= 15 is 0 Å². The molecule has 0 radical (unpaired) electrons. The minimum Gasteiger partial charge on any atom is -0.381 e. The second kappa shape index (κ2) is 4.40. The first-order chi connectivity index (χ1) is 6.38. The highest BCUT2D eigenvalue weighted by molar-refractivity contribution is 4.83. The molecule has 2 saturated heterocycles. The van der Waals surface area contributed by atoms with Crippen LogP contribution in [0, 0.1) is 11.8 Å². The molecular weight excluding hydrogens is 166 g/mol. The van der Waals surface area contributed by atoms with E-state index in [1.165, 1.54) is 12.8 Å². The zero-order chi connectivity index (χ0) is 9.10. The average Bonchev–Trinajstić information content (AvgIpc) is 2.71. The van der Waals surface area contributed by atoms with Gasteiger partial charge in [0.25, 0.3) is 0 Å². The molecule has 3 heteroatoms. The van der Waals surface area contributed by atoms with Gasteiger partial charge >= 0.3 is 0 Å². The smallest absolute Gasteiger partial charge is 0.0510 e. The minimum absolute atomic E-state index is 0.294. The highest BCUT2D eigenvalue weighted by atomic mass is 16.5. The quantitative estimate of drug-likeness (QED) is 0.691. The van der Waals surface area contributed by atoms with Gasteiger partial charge in [0.1, 0.15) is 0 Å². The van der Waals surface area contributed by atoms with E-state index in [0.717, 1.165) is 32.8 Å². The Morgan fingerprint density at radius 1 is 1.00 bits per heavy atom. The Bertz CT molecular complexity index is 151. The summed E-state index contributed by atoms with van der Waals surface area (Å²) in [4.78, 5) is 0. The summed E-state index contributed by atoms with van der Waals surface area (Å²) in [7, 11) is 0. The van der Waals surface area contributed by atoms with Crippen LogP contribution in [0.5, 0.6) is 0 Å². The zero-order valence-corrected chi connectivity index (χ0v) is 8.08. The lowest BCUT2D eigenvalue weighted by Gasteiger charge is -2.30. The van der Waals surface area contributed by atoms with E-state index in [0.29, 0.717) is 17.9 Å². The molecule has 0 aromatic heterocycles. The molecule has 0 aromatic rings. The number of hydrogen-bond acceptors (Lipinski definition) is 3. The molecule has 2 aliphatic rings. The SMILES string of the molecule is NC(C1CCCOC1)C1CCOC1. The summed E-state index contributed by atoms with van der Waals surface area (Å²) < 4.78 is 10.8. The van der Waals surface area contributed by atoms with Crippen molar-refractivity contribution >= 4 is 0 Å². The van der Waals surface area contributed by atoms with E-state index in [2.05, 4.69) is 0 Å². The lowest BCUT2D eigenvalue weighted by atomic mass is 9.85. The summed E-state index contributed by atoms with van der Waals surface area (Å²) in [5.74, 6) is 1.15. The van der Waals surface area contributed by atoms with Crippen molar-refractivity contribution in [2.75, 3.05) is 26.4 Å². The van der Waals surface area contributed by atoms with Crippen LogP contribution in [0.3, 0.4) is 0 Å². The Morgan fingerprint density at radius 3 is 2.31 bits per heavy atom. The third kappa shape index (κ3) is 2.22. The largest absolute Gasteiger partial charge is 0.381 e. The molecule has 0 bridgehead atoms. The highest BCUT2D eigenvalue weighted by Crippen LogP contribution is 2.25. The van der Waals surface area contributed by atoms with Crippen molar-refractivity contribution < 1.29 is 9.47 Å². The average molecular weight is 185 g/mol. The second-order valence-corrected chi connectivity index (χ2v) is 4.18. The Kier molecular flexibility index (Phi) is 3.19. The van der Waals surface area contributed by atoms with Crippen LogP contribution < -0.4 is 5.73 Å². The van der Waals surface area contributed by atoms with Crippen LogP contribution in [0.15, 0.2) is 0 Å². The van der Waals surface area contributed by atoms with Crippen LogP contribution >= 0.6 is 0 Å². The maximum Gasteiger partial charge on any atom is 0.0510 e. The van der Waals surface area contributed by atoms with Crippen LogP contribution in [0.25, 0.3) is 0 Å². The van der Waals surface area contributed by atoms with Gasteiger partial charge in [-0.25, -0.2) is 0 Å². The van der Waals surface area contributed by atoms with E-state index in [-0.39, 0.29) is 0 Å². The predicted molar refractivity (Wildman–Crippen MR) is 50.4 cm³/mol. The fourth-order valence-corrected chi connectivity index (χ4v) is 2.31. The third-order valence-electron chi connectivity index (χ3n) is 3.25. The molecule has 0 amide bonds. The van der Waals surface area contributed by atoms with Gasteiger partial charge in [0.15, 0.2) is 0 Å². The topological polar surface area (TPSA) is 44.5 Å². The van der Waals surface area contributed by atoms with Gasteiger partial charge in [-0.15, -0.1) is 0 Å². The third-order valence-corrected chi connectivity index (χ3v) is 3.25. The lowest BCUT2D eigenvalue weighted by Crippen LogP contribution is -2.41. The maximum absolute atomic E-state index is 6.19. The van der Waals surface area contributed by atoms with Crippen molar-refractivity contribution in [2.45, 2.75) is 25.3 Å². The van der Waals surface area contributed by atoms with Crippen molar-refractivity contribution in [3.63, 3.8) is 0 Å². The molecule has 2 N–H and O–H groups in total. The van der Waals surface area contributed by atoms with Crippen molar-refractivity contribution in [3.05, 3.63) is 0 Å². The van der Waals surface area contributed by atoms with Crippen molar-refractivity contribution in [1.29, 1.82) is 0 Å². The Balaban J connectivity index is 1.83. The van der Waals surface area contributed by atoms with Crippen LogP contribution in [0.2, 0.25) is 0 Å². The molecule has 0 spiro atoms. The molecule has 13 heavy (non-hydrogen) atoms. The van der Waals surface area contributed by atoms with E-state index < -0.39 is 0 Å². The molecule has 0 aromatic carbocycles. The summed E-state index contributed by atoms with van der Waals surface area (Å²) in [6, 6.07) is 0.294. The van der Waals surface area contributed by atoms with Crippen molar-refractivity contribution in [2.24, 2.45) is 17.6 Å². The standard InChI is InChI=1S/C10H19NO2/c11-10(9-3-5-13-7-9)8-2-1-4-12-6-8/h8-10H,1-7,11H2. The summed E-state index contributed by atoms with van der Waals surface area (Å²) >= 11 is 0. The molecule has 0 aliphatic carbocycles. The van der Waals surface area contributed by atoms with E-state index in [4.69, 9.17) is 15.2 Å². The first kappa shape index (κ1) is 9.44. The van der Waals surface area contributed by atoms with Crippen molar-refractivity contribution in [1.82, 2.24) is 0 Å². The van der Waals surface area contributed by atoms with Gasteiger partial charge in [0, 0.05) is 19.3 Å². The van der Waals surface area contributed by atoms with Crippen LogP contribution in [-0.2, 0) is 9.47 Å². The Morgan fingerprint density at radius 2 is 1.69 bits per heavy atom. The maximum atomic E-state index is 6.19. The first-order valence-electron chi connectivity index (χ1n) is 5.29. The highest BCUT2D eigenvalue weighted by Gasteiger charge is 2.30. The van der Waals surface area contributed by atoms with E-state index in [1.54, 1.807) is 0 Å². The molecule has 2 rings (SSSR count). The summed E-state index contributed by atoms with van der Waals surface area (Å²) in [6.07, 6.45) is 3.54. The zero-order valence-electron chi connectivity index (χ0n) is 8.08. The molecule has 3 nitrogen and oxygen atoms in total. The fraction of sp³-hybridized carbons (Fsp3) is 1.00. The molecule has 3 unspecified atom stereocenters. The summed E-state index contributed by atoms with van der Waals surface area (Å²) in [6.45, 7) is 3.53. The molecule has 2 heterocycles. The molecule has 2 fully saturated rings. The van der Waals surface area contributed by atoms with Gasteiger partial charge in [-0.1, -0.05) is 0 Å². The van der Waals surface area contributed by atoms with Gasteiger partial charge in [-0.05, 0) is 31.1 Å². The monoisotopic (exact) mass is 185 g/mol. The first-order valence-corrected chi connectivity index (χ1v) is 5.29. The number of hydrogen-bond donors (Lipinski definition) is 1. The summed E-state index contributed by atoms with van der Waals surface area (Å²) in [5.41, 5.74) is 6.19. The molecule has 3 atom stereocenters. The summed E-state index contributed by atoms with van der Waals surface area (Å²) in [5, 5.41) is 0. The number of nitrogens with two attached hydrogens (primary N) is 1. The van der Waals surface area contributed by atoms with Crippen LogP contribution in [0.4, 0.5) is 0 Å². The Hall–Kier alpha value is -0.120. The molecule has 0 saturated carbocycles. The van der Waals surface area contributed by atoms with Crippen LogP contribution in [0.1, 0.15) is 19.3 Å². The second-order valence-electron chi connectivity index (χ2n) is 4.18. The fourth-order valence-electron chi connectivity index (χ4n) is 2.31. The van der Waals surface area contributed by atoms with E-state index in [1.807, 2.05) is 0 Å². The predicted octanol–water partition coefficient (Wildman–Crippen LogP) is 0.777. The number of rotatable bonds is 2. The molecule has 76 valence electrons. The molecule has 2 aliphatic heterocycles. The van der Waals surface area contributed by atoms with Gasteiger partial charge in [-0.3, -0.25) is 0 Å². The lowest BCUT2D eigenvalue weighted by molar-refractivity contribution is 0.0348. The van der Waals surface area contributed by atoms with Crippen molar-refractivity contribution in [3.8, 4) is 0 Å². The van der Waals surface area contributed by atoms with Gasteiger partial charge in [0.2, 0.25) is 0 Å². The minimum atomic E-state index is 0.294. The molecular formula is C10H19NO2. The van der Waals surface area contributed by atoms with Crippen LogP contribution in [-0.4, -0.2) is 32.5 Å². The van der Waals surface area contributed by atoms with Gasteiger partial charge in [-0.2, -0.15) is 0 Å². The van der Waals surface area contributed by atoms with E-state index in [9.17, 15) is 0 Å². The van der Waals surface area contributed by atoms with Gasteiger partial charge in [0.05, 0.1) is 13.2 Å². The number of ether oxygens (including phenoxy) is 2. The normalized spacial score (nSPS) is 37.6.